The van der Waals surface area contributed by atoms with Gasteiger partial charge in [0.05, 0.1) is 24.9 Å². The fraction of sp³-hybridized carbons (Fsp3) is 0.478. The summed E-state index contributed by atoms with van der Waals surface area (Å²) in [5, 5.41) is 6.05. The average Bonchev–Trinajstić information content (AvgIpc) is 3.39. The third-order valence-electron chi connectivity index (χ3n) is 6.83. The van der Waals surface area contributed by atoms with Crippen molar-refractivity contribution in [3.8, 4) is 0 Å². The second-order valence-corrected chi connectivity index (χ2v) is 9.76. The molecule has 1 N–H and O–H groups in total. The van der Waals surface area contributed by atoms with Crippen LogP contribution in [0.15, 0.2) is 30.9 Å². The molecule has 154 valence electrons. The highest BCUT2D eigenvalue weighted by Crippen LogP contribution is 2.36. The van der Waals surface area contributed by atoms with Crippen molar-refractivity contribution < 1.29 is 4.90 Å². The average molecular weight is 420 g/mol. The van der Waals surface area contributed by atoms with Crippen molar-refractivity contribution in [1.29, 1.82) is 0 Å². The third kappa shape index (κ3) is 3.20. The van der Waals surface area contributed by atoms with E-state index >= 15 is 0 Å². The van der Waals surface area contributed by atoms with Crippen LogP contribution in [0, 0.1) is 0 Å². The van der Waals surface area contributed by atoms with Gasteiger partial charge in [0.2, 0.25) is 0 Å². The van der Waals surface area contributed by atoms with Gasteiger partial charge in [0.25, 0.3) is 0 Å². The number of fused-ring (bicyclic) bond motifs is 5. The van der Waals surface area contributed by atoms with Gasteiger partial charge in [-0.25, -0.2) is 14.5 Å². The number of aromatic nitrogens is 5. The number of piperidine rings is 1. The van der Waals surface area contributed by atoms with E-state index in [2.05, 4.69) is 17.1 Å². The summed E-state index contributed by atoms with van der Waals surface area (Å²) in [5.74, 6) is 0.947. The van der Waals surface area contributed by atoms with E-state index in [0.29, 0.717) is 6.04 Å². The van der Waals surface area contributed by atoms with Gasteiger partial charge in [0, 0.05) is 29.3 Å². The van der Waals surface area contributed by atoms with E-state index in [0.717, 1.165) is 35.7 Å². The molecule has 1 aliphatic heterocycles. The van der Waals surface area contributed by atoms with Gasteiger partial charge in [-0.1, -0.05) is 6.07 Å². The molecule has 0 radical (unpaired) electrons. The fourth-order valence-electron chi connectivity index (χ4n) is 5.34. The Morgan fingerprint density at radius 3 is 3.07 bits per heavy atom. The molecule has 1 fully saturated rings. The molecule has 4 aromatic heterocycles. The van der Waals surface area contributed by atoms with Crippen LogP contribution in [0.25, 0.3) is 15.9 Å². The first-order chi connectivity index (χ1) is 14.9. The Bertz CT molecular complexity index is 1180. The van der Waals surface area contributed by atoms with Crippen LogP contribution in [-0.2, 0) is 19.3 Å². The first-order valence-corrected chi connectivity index (χ1v) is 12.1. The van der Waals surface area contributed by atoms with Gasteiger partial charge in [-0.2, -0.15) is 0 Å². The predicted octanol–water partition coefficient (Wildman–Crippen LogP) is 2.97. The Hall–Kier alpha value is -2.38. The molecule has 1 unspecified atom stereocenters. The van der Waals surface area contributed by atoms with Gasteiger partial charge in [-0.05, 0) is 50.2 Å². The summed E-state index contributed by atoms with van der Waals surface area (Å²) in [7, 11) is 0. The molecule has 7 heteroatoms. The Morgan fingerprint density at radius 2 is 2.13 bits per heavy atom. The molecule has 0 spiro atoms. The molecule has 0 amide bonds. The minimum absolute atomic E-state index is 0.543. The molecule has 0 saturated carbocycles. The molecule has 30 heavy (non-hydrogen) atoms. The monoisotopic (exact) mass is 419 g/mol. The Kier molecular flexibility index (Phi) is 4.72. The lowest BCUT2D eigenvalue weighted by atomic mass is 9.96. The highest BCUT2D eigenvalue weighted by molar-refractivity contribution is 7.19. The highest BCUT2D eigenvalue weighted by atomic mass is 32.1. The smallest absolute Gasteiger partial charge is 0.167 e. The molecule has 0 bridgehead atoms. The maximum Gasteiger partial charge on any atom is 0.167 e. The fourth-order valence-corrected chi connectivity index (χ4v) is 6.56. The summed E-state index contributed by atoms with van der Waals surface area (Å²) in [6, 6.07) is 4.83. The van der Waals surface area contributed by atoms with Gasteiger partial charge in [0.15, 0.2) is 11.5 Å². The Balaban J connectivity index is 1.27. The molecule has 2 atom stereocenters. The number of quaternary nitrogens is 1. The lowest BCUT2D eigenvalue weighted by molar-refractivity contribution is -0.937. The van der Waals surface area contributed by atoms with Crippen LogP contribution in [0.5, 0.6) is 0 Å². The highest BCUT2D eigenvalue weighted by Gasteiger charge is 2.28. The van der Waals surface area contributed by atoms with Gasteiger partial charge < -0.3 is 4.90 Å². The van der Waals surface area contributed by atoms with E-state index in [1.165, 1.54) is 66.5 Å². The van der Waals surface area contributed by atoms with Crippen molar-refractivity contribution >= 4 is 27.2 Å². The SMILES string of the molecule is c1cncc([C@@H]2CCCC[NH+]2CCc2nc3c4c5c(sc4ncn3n2)CCCC5)c1. The largest absolute Gasteiger partial charge is 0.328 e. The van der Waals surface area contributed by atoms with Crippen LogP contribution in [0.2, 0.25) is 0 Å². The topological polar surface area (TPSA) is 60.4 Å². The second-order valence-electron chi connectivity index (χ2n) is 8.67. The van der Waals surface area contributed by atoms with Crippen LogP contribution in [0.1, 0.15) is 60.0 Å². The molecular formula is C23H27N6S+. The standard InChI is InChI=1S/C23H26N6S/c1-2-9-19-17(7-1)21-22-26-20(27-29(22)15-25-23(21)30-19)10-13-28-12-4-3-8-18(28)16-6-5-11-24-14-16/h5-6,11,14-15,18H,1-4,7-10,12-13H2/p+1/t18-/m0/s1. The van der Waals surface area contributed by atoms with Crippen molar-refractivity contribution in [2.75, 3.05) is 13.1 Å². The molecule has 2 aliphatic rings. The number of aryl methyl sites for hydroxylation is 2. The lowest BCUT2D eigenvalue weighted by Gasteiger charge is -2.32. The van der Waals surface area contributed by atoms with Gasteiger partial charge in [-0.15, -0.1) is 16.4 Å². The normalized spacial score (nSPS) is 21.9. The minimum atomic E-state index is 0.543. The molecule has 1 aliphatic carbocycles. The van der Waals surface area contributed by atoms with E-state index in [-0.39, 0.29) is 0 Å². The van der Waals surface area contributed by atoms with Crippen LogP contribution in [0.3, 0.4) is 0 Å². The number of hydrogen-bond donors (Lipinski definition) is 1. The number of likely N-dealkylation sites (tertiary alicyclic amines) is 1. The van der Waals surface area contributed by atoms with Crippen LogP contribution >= 0.6 is 11.3 Å². The van der Waals surface area contributed by atoms with E-state index in [1.54, 1.807) is 4.90 Å². The second kappa shape index (κ2) is 7.71. The molecule has 6 nitrogen and oxygen atoms in total. The first kappa shape index (κ1) is 18.4. The summed E-state index contributed by atoms with van der Waals surface area (Å²) in [6.07, 6.45) is 15.4. The van der Waals surface area contributed by atoms with Crippen molar-refractivity contribution in [2.45, 2.75) is 57.4 Å². The number of rotatable bonds is 4. The van der Waals surface area contributed by atoms with Crippen molar-refractivity contribution in [3.63, 3.8) is 0 Å². The zero-order valence-electron chi connectivity index (χ0n) is 17.2. The molecular weight excluding hydrogens is 392 g/mol. The summed E-state index contributed by atoms with van der Waals surface area (Å²) in [4.78, 5) is 18.3. The Labute approximate surface area is 180 Å². The van der Waals surface area contributed by atoms with E-state index in [9.17, 15) is 0 Å². The molecule has 5 heterocycles. The molecule has 1 saturated heterocycles. The van der Waals surface area contributed by atoms with Crippen molar-refractivity contribution in [2.24, 2.45) is 0 Å². The molecule has 6 rings (SSSR count). The van der Waals surface area contributed by atoms with E-state index < -0.39 is 0 Å². The van der Waals surface area contributed by atoms with Crippen LogP contribution in [-0.4, -0.2) is 37.7 Å². The summed E-state index contributed by atoms with van der Waals surface area (Å²) in [6.45, 7) is 2.28. The first-order valence-electron chi connectivity index (χ1n) is 11.3. The number of thiophene rings is 1. The number of nitrogens with one attached hydrogen (secondary N) is 1. The predicted molar refractivity (Wildman–Crippen MR) is 118 cm³/mol. The maximum absolute atomic E-state index is 5.00. The van der Waals surface area contributed by atoms with Crippen LogP contribution < -0.4 is 4.90 Å². The van der Waals surface area contributed by atoms with Gasteiger partial charge in [0.1, 0.15) is 17.2 Å². The Morgan fingerprint density at radius 1 is 1.17 bits per heavy atom. The minimum Gasteiger partial charge on any atom is -0.328 e. The number of hydrogen-bond acceptors (Lipinski definition) is 5. The lowest BCUT2D eigenvalue weighted by Crippen LogP contribution is -3.13. The summed E-state index contributed by atoms with van der Waals surface area (Å²) < 4.78 is 1.91. The number of nitrogens with zero attached hydrogens (tertiary/aromatic N) is 5. The van der Waals surface area contributed by atoms with Gasteiger partial charge in [-0.3, -0.25) is 4.98 Å². The zero-order valence-corrected chi connectivity index (χ0v) is 18.0. The third-order valence-corrected chi connectivity index (χ3v) is 8.03. The summed E-state index contributed by atoms with van der Waals surface area (Å²) in [5.41, 5.74) is 3.86. The van der Waals surface area contributed by atoms with Crippen molar-refractivity contribution in [3.05, 3.63) is 52.7 Å². The molecule has 4 aromatic rings. The van der Waals surface area contributed by atoms with E-state index in [1.807, 2.05) is 34.6 Å². The van der Waals surface area contributed by atoms with E-state index in [4.69, 9.17) is 15.1 Å². The summed E-state index contributed by atoms with van der Waals surface area (Å²) >= 11 is 1.86. The quantitative estimate of drug-likeness (QED) is 0.553. The number of pyridine rings is 1. The zero-order chi connectivity index (χ0) is 19.9. The maximum atomic E-state index is 5.00. The van der Waals surface area contributed by atoms with Crippen LogP contribution in [0.4, 0.5) is 0 Å². The van der Waals surface area contributed by atoms with Gasteiger partial charge >= 0.3 is 0 Å². The van der Waals surface area contributed by atoms with Crippen molar-refractivity contribution in [1.82, 2.24) is 24.6 Å². The molecule has 0 aromatic carbocycles.